The largest absolute Gasteiger partial charge is 0.497 e. The average Bonchev–Trinajstić information content (AvgIpc) is 2.77. The second-order valence-electron chi connectivity index (χ2n) is 6.74. The van der Waals surface area contributed by atoms with Crippen LogP contribution in [0.2, 0.25) is 0 Å². The highest BCUT2D eigenvalue weighted by atomic mass is 19.2. The maximum atomic E-state index is 14.1. The number of carbonyl (C=O) groups excluding carboxylic acids is 1. The summed E-state index contributed by atoms with van der Waals surface area (Å²) in [4.78, 5) is 17.8. The lowest BCUT2D eigenvalue weighted by Crippen LogP contribution is -2.14. The number of ether oxygens (including phenoxy) is 3. The minimum atomic E-state index is -1.60. The fourth-order valence-corrected chi connectivity index (χ4v) is 3.39. The molecule has 0 N–H and O–H groups in total. The third-order valence-electron chi connectivity index (χ3n) is 4.92. The zero-order chi connectivity index (χ0) is 22.3. The summed E-state index contributed by atoms with van der Waals surface area (Å²) in [5.74, 6) is -5.54. The van der Waals surface area contributed by atoms with Crippen molar-refractivity contribution in [2.45, 2.75) is 6.92 Å². The van der Waals surface area contributed by atoms with Crippen LogP contribution in [0.3, 0.4) is 0 Å². The normalized spacial score (nSPS) is 11.0. The van der Waals surface area contributed by atoms with Crippen LogP contribution >= 0.6 is 0 Å². The molecule has 158 valence electrons. The predicted molar refractivity (Wildman–Crippen MR) is 108 cm³/mol. The van der Waals surface area contributed by atoms with Gasteiger partial charge in [0, 0.05) is 11.5 Å². The van der Waals surface area contributed by atoms with Crippen molar-refractivity contribution in [3.8, 4) is 17.2 Å². The smallest absolute Gasteiger partial charge is 0.345 e. The van der Waals surface area contributed by atoms with E-state index in [0.717, 1.165) is 5.56 Å². The molecular weight excluding hydrogens is 411 g/mol. The van der Waals surface area contributed by atoms with E-state index in [1.165, 1.54) is 14.2 Å². The van der Waals surface area contributed by atoms with Gasteiger partial charge in [0.05, 0.1) is 36.2 Å². The fourth-order valence-electron chi connectivity index (χ4n) is 3.39. The molecule has 0 saturated carbocycles. The minimum Gasteiger partial charge on any atom is -0.497 e. The highest BCUT2D eigenvalue weighted by molar-refractivity contribution is 6.17. The molecule has 0 aliphatic heterocycles. The van der Waals surface area contributed by atoms with Crippen LogP contribution < -0.4 is 14.2 Å². The second-order valence-corrected chi connectivity index (χ2v) is 6.74. The van der Waals surface area contributed by atoms with Gasteiger partial charge in [-0.2, -0.15) is 4.39 Å². The second kappa shape index (κ2) is 7.79. The molecule has 5 nitrogen and oxygen atoms in total. The first-order valence-electron chi connectivity index (χ1n) is 9.16. The van der Waals surface area contributed by atoms with E-state index in [0.29, 0.717) is 45.4 Å². The average molecular weight is 427 g/mol. The van der Waals surface area contributed by atoms with E-state index < -0.39 is 29.2 Å². The van der Waals surface area contributed by atoms with Gasteiger partial charge in [-0.05, 0) is 42.8 Å². The first kappa shape index (κ1) is 20.5. The summed E-state index contributed by atoms with van der Waals surface area (Å²) < 4.78 is 57.5. The first-order chi connectivity index (χ1) is 14.8. The number of fused-ring (bicyclic) bond motifs is 2. The third kappa shape index (κ3) is 3.39. The van der Waals surface area contributed by atoms with Gasteiger partial charge in [-0.25, -0.2) is 18.6 Å². The summed E-state index contributed by atoms with van der Waals surface area (Å²) in [6, 6.07) is 9.51. The van der Waals surface area contributed by atoms with Crippen LogP contribution in [0.1, 0.15) is 15.9 Å². The van der Waals surface area contributed by atoms with Crippen molar-refractivity contribution in [3.05, 3.63) is 71.0 Å². The van der Waals surface area contributed by atoms with E-state index in [1.807, 2.05) is 0 Å². The van der Waals surface area contributed by atoms with Crippen LogP contribution in [0.4, 0.5) is 13.2 Å². The molecule has 0 atom stereocenters. The topological polar surface area (TPSA) is 57.7 Å². The number of pyridine rings is 1. The molecule has 4 aromatic rings. The molecule has 0 radical (unpaired) electrons. The van der Waals surface area contributed by atoms with Gasteiger partial charge in [0.25, 0.3) is 0 Å². The Morgan fingerprint density at radius 1 is 0.935 bits per heavy atom. The molecule has 0 aliphatic carbocycles. The molecule has 0 spiro atoms. The monoisotopic (exact) mass is 427 g/mol. The molecule has 0 amide bonds. The number of aromatic nitrogens is 1. The summed E-state index contributed by atoms with van der Waals surface area (Å²) in [7, 11) is 2.91. The van der Waals surface area contributed by atoms with Gasteiger partial charge in [-0.3, -0.25) is 0 Å². The fraction of sp³-hybridized carbons (Fsp3) is 0.130. The Labute approximate surface area is 175 Å². The summed E-state index contributed by atoms with van der Waals surface area (Å²) >= 11 is 0. The lowest BCUT2D eigenvalue weighted by molar-refractivity contribution is 0.0722. The maximum absolute atomic E-state index is 14.1. The van der Waals surface area contributed by atoms with E-state index >= 15 is 0 Å². The highest BCUT2D eigenvalue weighted by Gasteiger charge is 2.25. The van der Waals surface area contributed by atoms with Gasteiger partial charge in [-0.1, -0.05) is 6.07 Å². The van der Waals surface area contributed by atoms with Crippen molar-refractivity contribution in [2.75, 3.05) is 14.2 Å². The number of methoxy groups -OCH3 is 2. The maximum Gasteiger partial charge on any atom is 0.345 e. The molecule has 8 heteroatoms. The number of rotatable bonds is 4. The SMILES string of the molecule is COc1ccc2c(C(=O)Oc3c(F)ccc(F)c3F)c3c(OC)ccc(C)c3nc2c1. The molecule has 0 bridgehead atoms. The Kier molecular flexibility index (Phi) is 5.14. The lowest BCUT2D eigenvalue weighted by atomic mass is 9.99. The van der Waals surface area contributed by atoms with E-state index in [-0.39, 0.29) is 5.56 Å². The van der Waals surface area contributed by atoms with Crippen LogP contribution in [0.5, 0.6) is 17.2 Å². The summed E-state index contributed by atoms with van der Waals surface area (Å²) in [6.07, 6.45) is 0. The minimum absolute atomic E-state index is 0.0220. The molecule has 4 rings (SSSR count). The van der Waals surface area contributed by atoms with Crippen LogP contribution in [-0.4, -0.2) is 25.2 Å². The number of nitrogens with zero attached hydrogens (tertiary/aromatic N) is 1. The number of carbonyl (C=O) groups is 1. The quantitative estimate of drug-likeness (QED) is 0.190. The summed E-state index contributed by atoms with van der Waals surface area (Å²) in [6.45, 7) is 1.79. The Morgan fingerprint density at radius 3 is 2.39 bits per heavy atom. The predicted octanol–water partition coefficient (Wildman–Crippen LogP) is 5.35. The first-order valence-corrected chi connectivity index (χ1v) is 9.16. The van der Waals surface area contributed by atoms with Crippen LogP contribution in [-0.2, 0) is 0 Å². The third-order valence-corrected chi connectivity index (χ3v) is 4.92. The lowest BCUT2D eigenvalue weighted by Gasteiger charge is -2.15. The van der Waals surface area contributed by atoms with Crippen molar-refractivity contribution < 1.29 is 32.2 Å². The Morgan fingerprint density at radius 2 is 1.68 bits per heavy atom. The van der Waals surface area contributed by atoms with Gasteiger partial charge in [-0.15, -0.1) is 0 Å². The zero-order valence-electron chi connectivity index (χ0n) is 16.8. The Balaban J connectivity index is 2.03. The van der Waals surface area contributed by atoms with Gasteiger partial charge >= 0.3 is 5.97 Å². The zero-order valence-corrected chi connectivity index (χ0v) is 16.8. The number of esters is 1. The standard InChI is InChI=1S/C23H16F3NO4/c1-11-4-9-17(30-3)19-18(13-6-5-12(29-2)10-16(13)27-21(11)19)23(28)31-22-15(25)8-7-14(24)20(22)26/h4-10H,1-3H3. The molecule has 1 aromatic heterocycles. The summed E-state index contributed by atoms with van der Waals surface area (Å²) in [5.41, 5.74) is 1.55. The number of halogens is 3. The van der Waals surface area contributed by atoms with Gasteiger partial charge in [0.15, 0.2) is 11.6 Å². The number of hydrogen-bond donors (Lipinski definition) is 0. The van der Waals surface area contributed by atoms with Crippen molar-refractivity contribution >= 4 is 27.8 Å². The number of aryl methyl sites for hydroxylation is 1. The number of hydrogen-bond acceptors (Lipinski definition) is 5. The van der Waals surface area contributed by atoms with E-state index in [2.05, 4.69) is 4.98 Å². The van der Waals surface area contributed by atoms with Crippen LogP contribution in [0.25, 0.3) is 21.8 Å². The Hall–Kier alpha value is -3.81. The molecule has 0 unspecified atom stereocenters. The number of benzene rings is 3. The van der Waals surface area contributed by atoms with Crippen molar-refractivity contribution in [2.24, 2.45) is 0 Å². The molecule has 31 heavy (non-hydrogen) atoms. The molecular formula is C23H16F3NO4. The molecule has 0 fully saturated rings. The van der Waals surface area contributed by atoms with Crippen molar-refractivity contribution in [1.29, 1.82) is 0 Å². The summed E-state index contributed by atoms with van der Waals surface area (Å²) in [5, 5.41) is 0.654. The van der Waals surface area contributed by atoms with Crippen molar-refractivity contribution in [1.82, 2.24) is 4.98 Å². The van der Waals surface area contributed by atoms with E-state index in [9.17, 15) is 18.0 Å². The highest BCUT2D eigenvalue weighted by Crippen LogP contribution is 2.37. The van der Waals surface area contributed by atoms with Gasteiger partial charge in [0.1, 0.15) is 11.5 Å². The van der Waals surface area contributed by atoms with Gasteiger partial charge < -0.3 is 14.2 Å². The molecule has 1 heterocycles. The van der Waals surface area contributed by atoms with Crippen LogP contribution in [0, 0.1) is 24.4 Å². The molecule has 0 saturated heterocycles. The van der Waals surface area contributed by atoms with Crippen LogP contribution in [0.15, 0.2) is 42.5 Å². The van der Waals surface area contributed by atoms with E-state index in [1.54, 1.807) is 37.3 Å². The van der Waals surface area contributed by atoms with Crippen molar-refractivity contribution in [3.63, 3.8) is 0 Å². The van der Waals surface area contributed by atoms with Gasteiger partial charge in [0.2, 0.25) is 11.6 Å². The Bertz CT molecular complexity index is 1350. The van der Waals surface area contributed by atoms with E-state index in [4.69, 9.17) is 14.2 Å². The molecule has 3 aromatic carbocycles. The molecule has 0 aliphatic rings.